The van der Waals surface area contributed by atoms with Crippen LogP contribution < -0.4 is 0 Å². The van der Waals surface area contributed by atoms with Gasteiger partial charge in [0.15, 0.2) is 0 Å². The van der Waals surface area contributed by atoms with Crippen LogP contribution in [0.25, 0.3) is 0 Å². The summed E-state index contributed by atoms with van der Waals surface area (Å²) < 4.78 is 1.10. The molecule has 1 nitrogen and oxygen atoms in total. The van der Waals surface area contributed by atoms with Crippen LogP contribution >= 0.6 is 15.9 Å². The van der Waals surface area contributed by atoms with Crippen LogP contribution in [0, 0.1) is 17.8 Å². The molecule has 16 heavy (non-hydrogen) atoms. The molecule has 1 aromatic carbocycles. The Morgan fingerprint density at radius 3 is 2.50 bits per heavy atom. The van der Waals surface area contributed by atoms with E-state index in [0.29, 0.717) is 17.8 Å². The summed E-state index contributed by atoms with van der Waals surface area (Å²) in [5.41, 5.74) is 1.30. The van der Waals surface area contributed by atoms with E-state index in [1.807, 2.05) is 0 Å². The Morgan fingerprint density at radius 2 is 1.81 bits per heavy atom. The van der Waals surface area contributed by atoms with E-state index in [-0.39, 0.29) is 5.92 Å². The quantitative estimate of drug-likeness (QED) is 0.596. The van der Waals surface area contributed by atoms with Crippen LogP contribution in [0.15, 0.2) is 40.9 Å². The van der Waals surface area contributed by atoms with E-state index in [0.717, 1.165) is 17.2 Å². The molecule has 2 aliphatic rings. The first-order valence-corrected chi connectivity index (χ1v) is 6.48. The SMILES string of the molecule is O=C[C@@H]1[C@@H](c2ccc(Br)cc2)[C@@H]2C=C[C@H]1C2. The maximum Gasteiger partial charge on any atom is 0.124 e. The molecule has 0 amide bonds. The molecular weight excluding hydrogens is 264 g/mol. The summed E-state index contributed by atoms with van der Waals surface area (Å²) in [5.74, 6) is 1.65. The van der Waals surface area contributed by atoms with Crippen molar-refractivity contribution < 1.29 is 4.79 Å². The van der Waals surface area contributed by atoms with Crippen molar-refractivity contribution in [1.29, 1.82) is 0 Å². The highest BCUT2D eigenvalue weighted by Gasteiger charge is 2.44. The minimum absolute atomic E-state index is 0.191. The van der Waals surface area contributed by atoms with Gasteiger partial charge in [-0.15, -0.1) is 0 Å². The third-order valence-electron chi connectivity index (χ3n) is 3.93. The fraction of sp³-hybridized carbons (Fsp3) is 0.357. The molecule has 0 aromatic heterocycles. The van der Waals surface area contributed by atoms with Crippen LogP contribution in [0.4, 0.5) is 0 Å². The van der Waals surface area contributed by atoms with Crippen LogP contribution in [0.3, 0.4) is 0 Å². The average Bonchev–Trinajstić information content (AvgIpc) is 2.89. The molecule has 0 unspecified atom stereocenters. The second-order valence-corrected chi connectivity index (χ2v) is 5.65. The van der Waals surface area contributed by atoms with Crippen molar-refractivity contribution in [3.63, 3.8) is 0 Å². The molecule has 2 aliphatic carbocycles. The molecule has 82 valence electrons. The largest absolute Gasteiger partial charge is 0.303 e. The van der Waals surface area contributed by atoms with Gasteiger partial charge in [0.2, 0.25) is 0 Å². The van der Waals surface area contributed by atoms with E-state index >= 15 is 0 Å². The number of hydrogen-bond donors (Lipinski definition) is 0. The van der Waals surface area contributed by atoms with E-state index < -0.39 is 0 Å². The number of allylic oxidation sites excluding steroid dienone is 2. The van der Waals surface area contributed by atoms with Gasteiger partial charge in [-0.1, -0.05) is 40.2 Å². The van der Waals surface area contributed by atoms with Crippen LogP contribution in [-0.2, 0) is 4.79 Å². The zero-order valence-electron chi connectivity index (χ0n) is 8.84. The molecule has 0 spiro atoms. The first-order valence-electron chi connectivity index (χ1n) is 5.68. The fourth-order valence-electron chi connectivity index (χ4n) is 3.20. The molecule has 0 aliphatic heterocycles. The topological polar surface area (TPSA) is 17.1 Å². The molecular formula is C14H13BrO. The molecule has 0 radical (unpaired) electrons. The van der Waals surface area contributed by atoms with E-state index in [4.69, 9.17) is 0 Å². The Hall–Kier alpha value is -0.890. The maximum atomic E-state index is 11.2. The van der Waals surface area contributed by atoms with Gasteiger partial charge in [0.05, 0.1) is 0 Å². The second-order valence-electron chi connectivity index (χ2n) is 4.74. The maximum absolute atomic E-state index is 11.2. The predicted molar refractivity (Wildman–Crippen MR) is 67.2 cm³/mol. The second kappa shape index (κ2) is 3.85. The van der Waals surface area contributed by atoms with Crippen molar-refractivity contribution in [3.8, 4) is 0 Å². The lowest BCUT2D eigenvalue weighted by atomic mass is 9.79. The molecule has 2 heteroatoms. The van der Waals surface area contributed by atoms with Gasteiger partial charge in [-0.05, 0) is 36.0 Å². The minimum Gasteiger partial charge on any atom is -0.303 e. The van der Waals surface area contributed by atoms with Crippen molar-refractivity contribution >= 4 is 22.2 Å². The van der Waals surface area contributed by atoms with Crippen LogP contribution in [0.2, 0.25) is 0 Å². The van der Waals surface area contributed by atoms with Gasteiger partial charge in [-0.2, -0.15) is 0 Å². The van der Waals surface area contributed by atoms with E-state index in [1.165, 1.54) is 5.56 Å². The third kappa shape index (κ3) is 1.47. The fourth-order valence-corrected chi connectivity index (χ4v) is 3.46. The molecule has 1 saturated carbocycles. The Kier molecular flexibility index (Phi) is 2.47. The zero-order valence-corrected chi connectivity index (χ0v) is 10.4. The summed E-state index contributed by atoms with van der Waals surface area (Å²) in [7, 11) is 0. The molecule has 0 N–H and O–H groups in total. The van der Waals surface area contributed by atoms with Gasteiger partial charge in [0, 0.05) is 16.3 Å². The number of hydrogen-bond acceptors (Lipinski definition) is 1. The average molecular weight is 277 g/mol. The molecule has 2 bridgehead atoms. The third-order valence-corrected chi connectivity index (χ3v) is 4.46. The van der Waals surface area contributed by atoms with E-state index in [1.54, 1.807) is 0 Å². The molecule has 3 rings (SSSR count). The highest BCUT2D eigenvalue weighted by Crippen LogP contribution is 2.52. The monoisotopic (exact) mass is 276 g/mol. The lowest BCUT2D eigenvalue weighted by molar-refractivity contribution is -0.112. The Labute approximate surface area is 104 Å². The van der Waals surface area contributed by atoms with Gasteiger partial charge in [-0.25, -0.2) is 0 Å². The first-order chi connectivity index (χ1) is 7.79. The smallest absolute Gasteiger partial charge is 0.124 e. The summed E-state index contributed by atoms with van der Waals surface area (Å²) in [6.07, 6.45) is 6.82. The molecule has 1 fully saturated rings. The van der Waals surface area contributed by atoms with Gasteiger partial charge >= 0.3 is 0 Å². The zero-order chi connectivity index (χ0) is 11.1. The standard InChI is InChI=1S/C14H13BrO/c15-12-5-3-9(4-6-12)14-11-2-1-10(7-11)13(14)8-16/h1-6,8,10-11,13-14H,7H2/t10-,11+,13-,14-/m0/s1. The normalized spacial score (nSPS) is 35.6. The summed E-state index contributed by atoms with van der Waals surface area (Å²) in [5, 5.41) is 0. The molecule has 0 saturated heterocycles. The van der Waals surface area contributed by atoms with Crippen molar-refractivity contribution in [2.45, 2.75) is 12.3 Å². The van der Waals surface area contributed by atoms with E-state index in [2.05, 4.69) is 52.3 Å². The summed E-state index contributed by atoms with van der Waals surface area (Å²) in [6, 6.07) is 8.40. The Morgan fingerprint density at radius 1 is 1.12 bits per heavy atom. The van der Waals surface area contributed by atoms with Crippen LogP contribution in [-0.4, -0.2) is 6.29 Å². The van der Waals surface area contributed by atoms with Crippen molar-refractivity contribution in [2.24, 2.45) is 17.8 Å². The van der Waals surface area contributed by atoms with Crippen LogP contribution in [0.5, 0.6) is 0 Å². The highest BCUT2D eigenvalue weighted by atomic mass is 79.9. The summed E-state index contributed by atoms with van der Waals surface area (Å²) >= 11 is 3.44. The predicted octanol–water partition coefficient (Wildman–Crippen LogP) is 3.55. The first kappa shape index (κ1) is 10.3. The van der Waals surface area contributed by atoms with Crippen LogP contribution in [0.1, 0.15) is 17.9 Å². The summed E-state index contributed by atoms with van der Waals surface area (Å²) in [4.78, 5) is 11.2. The Bertz CT molecular complexity index is 435. The molecule has 0 heterocycles. The van der Waals surface area contributed by atoms with Crippen molar-refractivity contribution in [3.05, 3.63) is 46.5 Å². The van der Waals surface area contributed by atoms with Crippen molar-refractivity contribution in [1.82, 2.24) is 0 Å². The summed E-state index contributed by atoms with van der Waals surface area (Å²) in [6.45, 7) is 0. The number of rotatable bonds is 2. The number of carbonyl (C=O) groups is 1. The number of fused-ring (bicyclic) bond motifs is 2. The number of halogens is 1. The number of aldehydes is 1. The Balaban J connectivity index is 1.97. The minimum atomic E-state index is 0.191. The lowest BCUT2D eigenvalue weighted by Gasteiger charge is -2.24. The van der Waals surface area contributed by atoms with Gasteiger partial charge < -0.3 is 4.79 Å². The molecule has 1 aromatic rings. The lowest BCUT2D eigenvalue weighted by Crippen LogP contribution is -2.18. The van der Waals surface area contributed by atoms with Gasteiger partial charge in [0.1, 0.15) is 6.29 Å². The van der Waals surface area contributed by atoms with Gasteiger partial charge in [-0.3, -0.25) is 0 Å². The highest BCUT2D eigenvalue weighted by molar-refractivity contribution is 9.10. The van der Waals surface area contributed by atoms with Crippen molar-refractivity contribution in [2.75, 3.05) is 0 Å². The molecule has 4 atom stereocenters. The number of carbonyl (C=O) groups excluding carboxylic acids is 1. The van der Waals surface area contributed by atoms with E-state index in [9.17, 15) is 4.79 Å². The number of benzene rings is 1. The van der Waals surface area contributed by atoms with Gasteiger partial charge in [0.25, 0.3) is 0 Å².